The van der Waals surface area contributed by atoms with E-state index in [0.29, 0.717) is 6.04 Å². The van der Waals surface area contributed by atoms with Crippen molar-refractivity contribution in [2.45, 2.75) is 25.6 Å². The lowest BCUT2D eigenvalue weighted by Gasteiger charge is -2.10. The van der Waals surface area contributed by atoms with Gasteiger partial charge in [-0.25, -0.2) is 0 Å². The molecule has 0 bridgehead atoms. The number of methoxy groups -OCH3 is 1. The van der Waals surface area contributed by atoms with Crippen molar-refractivity contribution in [2.24, 2.45) is 0 Å². The zero-order valence-corrected chi connectivity index (χ0v) is 9.19. The molecule has 1 N–H and O–H groups in total. The van der Waals surface area contributed by atoms with E-state index in [1.54, 1.807) is 7.11 Å². The van der Waals surface area contributed by atoms with Crippen molar-refractivity contribution >= 4 is 0 Å². The Morgan fingerprint density at radius 3 is 2.67 bits per heavy atom. The lowest BCUT2D eigenvalue weighted by Crippen LogP contribution is -2.29. The molecule has 1 heterocycles. The quantitative estimate of drug-likeness (QED) is 0.816. The van der Waals surface area contributed by atoms with Crippen molar-refractivity contribution in [3.8, 4) is 5.75 Å². The summed E-state index contributed by atoms with van der Waals surface area (Å²) in [4.78, 5) is 0. The fourth-order valence-electron chi connectivity index (χ4n) is 1.77. The SMILES string of the molecule is COc1ccc(CC2NC(C)CO2)cc1. The van der Waals surface area contributed by atoms with Crippen molar-refractivity contribution in [2.75, 3.05) is 13.7 Å². The largest absolute Gasteiger partial charge is 0.497 e. The molecule has 1 aromatic rings. The van der Waals surface area contributed by atoms with Gasteiger partial charge in [0.25, 0.3) is 0 Å². The molecule has 0 aromatic heterocycles. The van der Waals surface area contributed by atoms with Crippen LogP contribution >= 0.6 is 0 Å². The second-order valence-electron chi connectivity index (χ2n) is 3.94. The van der Waals surface area contributed by atoms with Gasteiger partial charge in [-0.2, -0.15) is 0 Å². The normalized spacial score (nSPS) is 25.5. The molecule has 1 saturated heterocycles. The highest BCUT2D eigenvalue weighted by molar-refractivity contribution is 5.27. The first kappa shape index (κ1) is 10.5. The Kier molecular flexibility index (Phi) is 3.23. The Morgan fingerprint density at radius 1 is 1.40 bits per heavy atom. The molecule has 1 aliphatic heterocycles. The van der Waals surface area contributed by atoms with Crippen LogP contribution in [0.1, 0.15) is 12.5 Å². The number of ether oxygens (including phenoxy) is 2. The second-order valence-corrected chi connectivity index (χ2v) is 3.94. The van der Waals surface area contributed by atoms with E-state index in [-0.39, 0.29) is 6.23 Å². The number of hydrogen-bond donors (Lipinski definition) is 1. The summed E-state index contributed by atoms with van der Waals surface area (Å²) >= 11 is 0. The van der Waals surface area contributed by atoms with Crippen LogP contribution < -0.4 is 10.1 Å². The first-order chi connectivity index (χ1) is 7.28. The first-order valence-corrected chi connectivity index (χ1v) is 5.28. The molecule has 0 radical (unpaired) electrons. The van der Waals surface area contributed by atoms with Gasteiger partial charge in [-0.05, 0) is 24.6 Å². The maximum atomic E-state index is 5.58. The molecular formula is C12H17NO2. The summed E-state index contributed by atoms with van der Waals surface area (Å²) in [6, 6.07) is 8.58. The highest BCUT2D eigenvalue weighted by Gasteiger charge is 2.20. The van der Waals surface area contributed by atoms with Gasteiger partial charge in [-0.1, -0.05) is 12.1 Å². The lowest BCUT2D eigenvalue weighted by molar-refractivity contribution is 0.101. The van der Waals surface area contributed by atoms with Gasteiger partial charge in [0.15, 0.2) is 0 Å². The van der Waals surface area contributed by atoms with Crippen LogP contribution in [0.2, 0.25) is 0 Å². The smallest absolute Gasteiger partial charge is 0.118 e. The van der Waals surface area contributed by atoms with Crippen molar-refractivity contribution in [1.29, 1.82) is 0 Å². The number of rotatable bonds is 3. The second kappa shape index (κ2) is 4.64. The predicted molar refractivity (Wildman–Crippen MR) is 59.0 cm³/mol. The van der Waals surface area contributed by atoms with Gasteiger partial charge in [0, 0.05) is 12.5 Å². The van der Waals surface area contributed by atoms with Crippen molar-refractivity contribution < 1.29 is 9.47 Å². The van der Waals surface area contributed by atoms with Gasteiger partial charge >= 0.3 is 0 Å². The van der Waals surface area contributed by atoms with Crippen molar-refractivity contribution in [1.82, 2.24) is 5.32 Å². The van der Waals surface area contributed by atoms with Crippen LogP contribution in [0.15, 0.2) is 24.3 Å². The van der Waals surface area contributed by atoms with E-state index in [1.165, 1.54) is 5.56 Å². The molecule has 82 valence electrons. The van der Waals surface area contributed by atoms with Gasteiger partial charge in [0.05, 0.1) is 13.7 Å². The summed E-state index contributed by atoms with van der Waals surface area (Å²) in [5.74, 6) is 0.896. The summed E-state index contributed by atoms with van der Waals surface area (Å²) < 4.78 is 10.7. The minimum atomic E-state index is 0.161. The minimum absolute atomic E-state index is 0.161. The van der Waals surface area contributed by atoms with E-state index >= 15 is 0 Å². The zero-order valence-electron chi connectivity index (χ0n) is 9.19. The third kappa shape index (κ3) is 2.70. The molecule has 2 rings (SSSR count). The average molecular weight is 207 g/mol. The van der Waals surface area contributed by atoms with Crippen molar-refractivity contribution in [3.63, 3.8) is 0 Å². The Balaban J connectivity index is 1.93. The van der Waals surface area contributed by atoms with Gasteiger partial charge < -0.3 is 9.47 Å². The van der Waals surface area contributed by atoms with Gasteiger partial charge in [0.1, 0.15) is 12.0 Å². The van der Waals surface area contributed by atoms with Crippen molar-refractivity contribution in [3.05, 3.63) is 29.8 Å². The summed E-state index contributed by atoms with van der Waals surface area (Å²) in [5, 5.41) is 3.38. The van der Waals surface area contributed by atoms with Crippen LogP contribution in [0.4, 0.5) is 0 Å². The molecule has 0 saturated carbocycles. The Bertz CT molecular complexity index is 310. The molecular weight excluding hydrogens is 190 g/mol. The Labute approximate surface area is 90.4 Å². The molecule has 0 spiro atoms. The predicted octanol–water partition coefficient (Wildman–Crippen LogP) is 1.57. The summed E-state index contributed by atoms with van der Waals surface area (Å²) in [7, 11) is 1.68. The monoisotopic (exact) mass is 207 g/mol. The molecule has 15 heavy (non-hydrogen) atoms. The van der Waals surface area contributed by atoms with Crippen LogP contribution in [0, 0.1) is 0 Å². The molecule has 2 unspecified atom stereocenters. The average Bonchev–Trinajstić information content (AvgIpc) is 2.65. The van der Waals surface area contributed by atoms with E-state index in [1.807, 2.05) is 12.1 Å². The number of nitrogens with one attached hydrogen (secondary N) is 1. The Hall–Kier alpha value is -1.06. The zero-order chi connectivity index (χ0) is 10.7. The van der Waals surface area contributed by atoms with Gasteiger partial charge in [0.2, 0.25) is 0 Å². The van der Waals surface area contributed by atoms with E-state index in [9.17, 15) is 0 Å². The van der Waals surface area contributed by atoms with E-state index in [4.69, 9.17) is 9.47 Å². The standard InChI is InChI=1S/C12H17NO2/c1-9-8-15-12(13-9)7-10-3-5-11(14-2)6-4-10/h3-6,9,12-13H,7-8H2,1-2H3. The van der Waals surface area contributed by atoms with Crippen LogP contribution in [-0.4, -0.2) is 26.0 Å². The number of benzene rings is 1. The molecule has 3 heteroatoms. The van der Waals surface area contributed by atoms with E-state index < -0.39 is 0 Å². The molecule has 1 aliphatic rings. The molecule has 0 amide bonds. The summed E-state index contributed by atoms with van der Waals surface area (Å²) in [5.41, 5.74) is 1.27. The first-order valence-electron chi connectivity index (χ1n) is 5.28. The van der Waals surface area contributed by atoms with E-state index in [2.05, 4.69) is 24.4 Å². The molecule has 2 atom stereocenters. The van der Waals surface area contributed by atoms with Crippen LogP contribution in [0.3, 0.4) is 0 Å². The highest BCUT2D eigenvalue weighted by Crippen LogP contribution is 2.14. The molecule has 1 aromatic carbocycles. The summed E-state index contributed by atoms with van der Waals surface area (Å²) in [6.45, 7) is 2.94. The fourth-order valence-corrected chi connectivity index (χ4v) is 1.77. The maximum Gasteiger partial charge on any atom is 0.118 e. The van der Waals surface area contributed by atoms with Crippen LogP contribution in [0.25, 0.3) is 0 Å². The molecule has 1 fully saturated rings. The third-order valence-corrected chi connectivity index (χ3v) is 2.60. The maximum absolute atomic E-state index is 5.58. The van der Waals surface area contributed by atoms with Gasteiger partial charge in [-0.3, -0.25) is 5.32 Å². The highest BCUT2D eigenvalue weighted by atomic mass is 16.5. The van der Waals surface area contributed by atoms with Crippen LogP contribution in [-0.2, 0) is 11.2 Å². The minimum Gasteiger partial charge on any atom is -0.497 e. The number of hydrogen-bond acceptors (Lipinski definition) is 3. The van der Waals surface area contributed by atoms with Crippen LogP contribution in [0.5, 0.6) is 5.75 Å². The lowest BCUT2D eigenvalue weighted by atomic mass is 10.1. The van der Waals surface area contributed by atoms with E-state index in [0.717, 1.165) is 18.8 Å². The fraction of sp³-hybridized carbons (Fsp3) is 0.500. The molecule has 3 nitrogen and oxygen atoms in total. The summed E-state index contributed by atoms with van der Waals surface area (Å²) in [6.07, 6.45) is 1.07. The molecule has 0 aliphatic carbocycles. The topological polar surface area (TPSA) is 30.5 Å². The van der Waals surface area contributed by atoms with Gasteiger partial charge in [-0.15, -0.1) is 0 Å². The third-order valence-electron chi connectivity index (χ3n) is 2.60. The Morgan fingerprint density at radius 2 is 2.13 bits per heavy atom.